The molecule has 0 heterocycles. The Kier molecular flexibility index (Phi) is 23.3. The molecule has 0 saturated heterocycles. The Hall–Kier alpha value is -1.31. The topological polar surface area (TPSA) is 26.3 Å². The second kappa shape index (κ2) is 17.7. The fourth-order valence-electron chi connectivity index (χ4n) is 0.426. The van der Waals surface area contributed by atoms with Gasteiger partial charge >= 0.3 is 5.97 Å². The molecule has 2 nitrogen and oxygen atoms in total. The van der Waals surface area contributed by atoms with Crippen LogP contribution in [0.15, 0.2) is 37.1 Å². The summed E-state index contributed by atoms with van der Waals surface area (Å²) < 4.78 is 4.67. The molecule has 2 heteroatoms. The molecule has 0 aliphatic rings. The third-order valence-corrected chi connectivity index (χ3v) is 0.745. The number of hydrogen-bond acceptors (Lipinski definition) is 2. The third-order valence-electron chi connectivity index (χ3n) is 0.745. The van der Waals surface area contributed by atoms with Crippen LogP contribution in [0.4, 0.5) is 0 Å². The first-order valence-corrected chi connectivity index (χ1v) is 4.84. The van der Waals surface area contributed by atoms with Gasteiger partial charge in [0.15, 0.2) is 0 Å². The lowest BCUT2D eigenvalue weighted by atomic mass is 10.4. The lowest BCUT2D eigenvalue weighted by Gasteiger charge is -1.97. The minimum Gasteiger partial charge on any atom is -0.427 e. The average molecular weight is 198 g/mol. The monoisotopic (exact) mass is 198 g/mol. The molecule has 0 N–H and O–H groups in total. The molecule has 0 spiro atoms. The summed E-state index contributed by atoms with van der Waals surface area (Å²) in [6.45, 7) is 16.2. The van der Waals surface area contributed by atoms with E-state index in [1.807, 2.05) is 27.7 Å². The van der Waals surface area contributed by atoms with E-state index < -0.39 is 0 Å². The SMILES string of the molecule is C=C/C=C(\C=C)OC(C)=O.CC.CC. The van der Waals surface area contributed by atoms with Gasteiger partial charge in [-0.2, -0.15) is 0 Å². The molecule has 0 aliphatic heterocycles. The standard InChI is InChI=1S/C8H10O2.2C2H6/c1-4-6-8(5-2)10-7(3)9;2*1-2/h4-6H,1-2H2,3H3;2*1-2H3/b8-6+;;. The summed E-state index contributed by atoms with van der Waals surface area (Å²) in [5.74, 6) is 0.0653. The van der Waals surface area contributed by atoms with Gasteiger partial charge in [-0.05, 0) is 12.2 Å². The number of ether oxygens (including phenoxy) is 1. The van der Waals surface area contributed by atoms with Crippen molar-refractivity contribution in [3.63, 3.8) is 0 Å². The number of carbonyl (C=O) groups is 1. The zero-order valence-electron chi connectivity index (χ0n) is 9.96. The summed E-state index contributed by atoms with van der Waals surface area (Å²) in [4.78, 5) is 10.3. The smallest absolute Gasteiger partial charge is 0.308 e. The zero-order chi connectivity index (χ0) is 12.0. The summed E-state index contributed by atoms with van der Waals surface area (Å²) >= 11 is 0. The Bertz CT molecular complexity index is 179. The summed E-state index contributed by atoms with van der Waals surface area (Å²) in [6, 6.07) is 0. The van der Waals surface area contributed by atoms with Crippen LogP contribution >= 0.6 is 0 Å². The first kappa shape index (κ1) is 18.5. The Morgan fingerprint density at radius 3 is 1.79 bits per heavy atom. The van der Waals surface area contributed by atoms with Gasteiger partial charge in [-0.15, -0.1) is 0 Å². The van der Waals surface area contributed by atoms with E-state index in [-0.39, 0.29) is 5.97 Å². The quantitative estimate of drug-likeness (QED) is 0.391. The Morgan fingerprint density at radius 2 is 1.57 bits per heavy atom. The van der Waals surface area contributed by atoms with E-state index in [0.717, 1.165) is 0 Å². The molecule has 14 heavy (non-hydrogen) atoms. The van der Waals surface area contributed by atoms with E-state index in [4.69, 9.17) is 0 Å². The van der Waals surface area contributed by atoms with Gasteiger partial charge in [0.05, 0.1) is 0 Å². The maximum absolute atomic E-state index is 10.3. The van der Waals surface area contributed by atoms with Crippen molar-refractivity contribution in [3.05, 3.63) is 37.1 Å². The van der Waals surface area contributed by atoms with Crippen LogP contribution in [-0.4, -0.2) is 5.97 Å². The maximum Gasteiger partial charge on any atom is 0.308 e. The predicted octanol–water partition coefficient (Wildman–Crippen LogP) is 3.86. The summed E-state index contributed by atoms with van der Waals surface area (Å²) in [6.07, 6.45) is 4.54. The molecule has 0 radical (unpaired) electrons. The van der Waals surface area contributed by atoms with Crippen LogP contribution in [0.5, 0.6) is 0 Å². The van der Waals surface area contributed by atoms with Crippen molar-refractivity contribution in [1.29, 1.82) is 0 Å². The molecule has 0 fully saturated rings. The second-order valence-corrected chi connectivity index (χ2v) is 1.60. The Balaban J connectivity index is -0.000000266. The van der Waals surface area contributed by atoms with Gasteiger partial charge < -0.3 is 4.74 Å². The van der Waals surface area contributed by atoms with Crippen LogP contribution in [0.25, 0.3) is 0 Å². The first-order chi connectivity index (χ1) is 6.70. The highest BCUT2D eigenvalue weighted by molar-refractivity contribution is 5.67. The maximum atomic E-state index is 10.3. The average Bonchev–Trinajstić information content (AvgIpc) is 2.22. The van der Waals surface area contributed by atoms with Gasteiger partial charge in [0.25, 0.3) is 0 Å². The summed E-state index contributed by atoms with van der Waals surface area (Å²) in [5.41, 5.74) is 0. The van der Waals surface area contributed by atoms with Gasteiger partial charge in [0, 0.05) is 6.92 Å². The Morgan fingerprint density at radius 1 is 1.14 bits per heavy atom. The zero-order valence-corrected chi connectivity index (χ0v) is 9.96. The number of carbonyl (C=O) groups excluding carboxylic acids is 1. The highest BCUT2D eigenvalue weighted by Gasteiger charge is 1.93. The van der Waals surface area contributed by atoms with Crippen LogP contribution in [0.1, 0.15) is 34.6 Å². The van der Waals surface area contributed by atoms with Crippen molar-refractivity contribution < 1.29 is 9.53 Å². The van der Waals surface area contributed by atoms with Gasteiger partial charge in [0.2, 0.25) is 0 Å². The number of allylic oxidation sites excluding steroid dienone is 3. The summed E-state index contributed by atoms with van der Waals surface area (Å²) in [7, 11) is 0. The molecule has 0 unspecified atom stereocenters. The van der Waals surface area contributed by atoms with Crippen molar-refractivity contribution in [3.8, 4) is 0 Å². The van der Waals surface area contributed by atoms with Crippen molar-refractivity contribution in [2.24, 2.45) is 0 Å². The number of rotatable bonds is 3. The fourth-order valence-corrected chi connectivity index (χ4v) is 0.426. The van der Waals surface area contributed by atoms with E-state index in [0.29, 0.717) is 5.76 Å². The third kappa shape index (κ3) is 17.0. The fraction of sp³-hybridized carbons (Fsp3) is 0.417. The minimum atomic E-state index is -0.354. The molecule has 0 bridgehead atoms. The molecule has 0 aromatic heterocycles. The normalized spacial score (nSPS) is 8.21. The van der Waals surface area contributed by atoms with Gasteiger partial charge in [-0.1, -0.05) is 46.9 Å². The van der Waals surface area contributed by atoms with Crippen molar-refractivity contribution in [2.45, 2.75) is 34.6 Å². The van der Waals surface area contributed by atoms with Gasteiger partial charge in [-0.25, -0.2) is 0 Å². The molecule has 82 valence electrons. The highest BCUT2D eigenvalue weighted by atomic mass is 16.5. The van der Waals surface area contributed by atoms with Crippen molar-refractivity contribution in [2.75, 3.05) is 0 Å². The van der Waals surface area contributed by atoms with E-state index >= 15 is 0 Å². The van der Waals surface area contributed by atoms with Crippen LogP contribution < -0.4 is 0 Å². The molecule has 0 rings (SSSR count). The molecule has 0 atom stereocenters. The lowest BCUT2D eigenvalue weighted by Crippen LogP contribution is -1.95. The number of hydrogen-bond donors (Lipinski definition) is 0. The van der Waals surface area contributed by atoms with Crippen molar-refractivity contribution >= 4 is 5.97 Å². The molecule has 0 saturated carbocycles. The Labute approximate surface area is 88.0 Å². The van der Waals surface area contributed by atoms with E-state index in [1.54, 1.807) is 6.08 Å². The highest BCUT2D eigenvalue weighted by Crippen LogP contribution is 1.98. The van der Waals surface area contributed by atoms with Crippen molar-refractivity contribution in [1.82, 2.24) is 0 Å². The van der Waals surface area contributed by atoms with Crippen LogP contribution in [0.2, 0.25) is 0 Å². The van der Waals surface area contributed by atoms with Gasteiger partial charge in [-0.3, -0.25) is 4.79 Å². The first-order valence-electron chi connectivity index (χ1n) is 4.84. The van der Waals surface area contributed by atoms with Gasteiger partial charge in [0.1, 0.15) is 5.76 Å². The molecule has 0 aromatic carbocycles. The number of esters is 1. The molecule has 0 amide bonds. The van der Waals surface area contributed by atoms with Crippen LogP contribution in [-0.2, 0) is 9.53 Å². The largest absolute Gasteiger partial charge is 0.427 e. The van der Waals surface area contributed by atoms with Crippen LogP contribution in [0, 0.1) is 0 Å². The van der Waals surface area contributed by atoms with E-state index in [1.165, 1.54) is 19.1 Å². The van der Waals surface area contributed by atoms with E-state index in [9.17, 15) is 4.79 Å². The minimum absolute atomic E-state index is 0.354. The van der Waals surface area contributed by atoms with E-state index in [2.05, 4.69) is 17.9 Å². The molecular weight excluding hydrogens is 176 g/mol. The molecular formula is C12H22O2. The molecule has 0 aromatic rings. The predicted molar refractivity (Wildman–Crippen MR) is 62.9 cm³/mol. The second-order valence-electron chi connectivity index (χ2n) is 1.60. The lowest BCUT2D eigenvalue weighted by molar-refractivity contribution is -0.136. The summed E-state index contributed by atoms with van der Waals surface area (Å²) in [5, 5.41) is 0. The molecule has 0 aliphatic carbocycles. The van der Waals surface area contributed by atoms with Crippen LogP contribution in [0.3, 0.4) is 0 Å².